The lowest BCUT2D eigenvalue weighted by atomic mass is 10.1. The number of carbonyl (C=O) groups excluding carboxylic acids is 1. The zero-order valence-corrected chi connectivity index (χ0v) is 14.2. The Morgan fingerprint density at radius 3 is 2.64 bits per heavy atom. The van der Waals surface area contributed by atoms with Crippen LogP contribution >= 0.6 is 0 Å². The molecule has 9 heteroatoms. The van der Waals surface area contributed by atoms with Crippen LogP contribution in [0.3, 0.4) is 0 Å². The number of hydrogen-bond acceptors (Lipinski definition) is 6. The van der Waals surface area contributed by atoms with Crippen LogP contribution in [0.15, 0.2) is 34.1 Å². The van der Waals surface area contributed by atoms with E-state index in [1.165, 1.54) is 24.7 Å². The van der Waals surface area contributed by atoms with Gasteiger partial charge in [0.2, 0.25) is 5.95 Å². The van der Waals surface area contributed by atoms with Gasteiger partial charge in [-0.05, 0) is 18.9 Å². The molecule has 0 unspecified atom stereocenters. The van der Waals surface area contributed by atoms with Gasteiger partial charge in [0.05, 0.1) is 0 Å². The Balaban J connectivity index is 1.75. The van der Waals surface area contributed by atoms with Crippen molar-refractivity contribution in [2.24, 2.45) is 14.1 Å². The van der Waals surface area contributed by atoms with Crippen LogP contribution in [-0.2, 0) is 14.1 Å². The second kappa shape index (κ2) is 6.88. The lowest BCUT2D eigenvalue weighted by Gasteiger charge is -2.33. The van der Waals surface area contributed by atoms with Gasteiger partial charge in [0.15, 0.2) is 0 Å². The van der Waals surface area contributed by atoms with E-state index in [0.29, 0.717) is 12.5 Å². The molecule has 1 fully saturated rings. The van der Waals surface area contributed by atoms with Crippen molar-refractivity contribution in [3.05, 3.63) is 51.1 Å². The Morgan fingerprint density at radius 2 is 1.92 bits per heavy atom. The van der Waals surface area contributed by atoms with E-state index in [1.807, 2.05) is 4.90 Å². The standard InChI is InChI=1S/C16H20N6O3/c1-20-12(9-13(23)21(2)16(20)25)14(24)19-11-5-3-8-22(10-11)15-17-6-4-7-18-15/h4,6-7,9,11H,3,5,8,10H2,1-2H3,(H,19,24)/t11-/m0/s1. The van der Waals surface area contributed by atoms with E-state index in [1.54, 1.807) is 18.5 Å². The lowest BCUT2D eigenvalue weighted by molar-refractivity contribution is 0.0922. The summed E-state index contributed by atoms with van der Waals surface area (Å²) in [7, 11) is 2.85. The Bertz CT molecular complexity index is 889. The highest BCUT2D eigenvalue weighted by atomic mass is 16.2. The minimum atomic E-state index is -0.527. The number of hydrogen-bond donors (Lipinski definition) is 1. The molecule has 1 aliphatic heterocycles. The van der Waals surface area contributed by atoms with Crippen LogP contribution in [0.1, 0.15) is 23.3 Å². The van der Waals surface area contributed by atoms with Crippen molar-refractivity contribution < 1.29 is 4.79 Å². The predicted molar refractivity (Wildman–Crippen MR) is 91.7 cm³/mol. The third kappa shape index (κ3) is 3.44. The largest absolute Gasteiger partial charge is 0.346 e. The van der Waals surface area contributed by atoms with E-state index >= 15 is 0 Å². The third-order valence-corrected chi connectivity index (χ3v) is 4.35. The quantitative estimate of drug-likeness (QED) is 0.788. The molecule has 0 saturated carbocycles. The fourth-order valence-electron chi connectivity index (χ4n) is 2.94. The number of aromatic nitrogens is 4. The van der Waals surface area contributed by atoms with Crippen molar-refractivity contribution in [2.75, 3.05) is 18.0 Å². The molecule has 2 aromatic heterocycles. The Labute approximate surface area is 143 Å². The predicted octanol–water partition coefficient (Wildman–Crippen LogP) is -0.727. The number of rotatable bonds is 3. The Morgan fingerprint density at radius 1 is 1.20 bits per heavy atom. The SMILES string of the molecule is Cn1c(C(=O)N[C@H]2CCCN(c3ncccn3)C2)cc(=O)n(C)c1=O. The molecule has 3 heterocycles. The molecule has 0 bridgehead atoms. The second-order valence-corrected chi connectivity index (χ2v) is 6.08. The Hall–Kier alpha value is -2.97. The van der Waals surface area contributed by atoms with Gasteiger partial charge in [0.1, 0.15) is 5.69 Å². The maximum Gasteiger partial charge on any atom is 0.331 e. The van der Waals surface area contributed by atoms with Crippen LogP contribution in [0.5, 0.6) is 0 Å². The van der Waals surface area contributed by atoms with Crippen molar-refractivity contribution in [1.82, 2.24) is 24.4 Å². The van der Waals surface area contributed by atoms with Gasteiger partial charge in [0.25, 0.3) is 11.5 Å². The summed E-state index contributed by atoms with van der Waals surface area (Å²) >= 11 is 0. The molecule has 1 aliphatic rings. The number of anilines is 1. The summed E-state index contributed by atoms with van der Waals surface area (Å²) in [6.07, 6.45) is 5.06. The molecule has 0 aromatic carbocycles. The molecule has 25 heavy (non-hydrogen) atoms. The first kappa shape index (κ1) is 16.9. The highest BCUT2D eigenvalue weighted by molar-refractivity contribution is 5.92. The van der Waals surface area contributed by atoms with Gasteiger partial charge < -0.3 is 10.2 Å². The summed E-state index contributed by atoms with van der Waals surface area (Å²) in [4.78, 5) is 46.8. The van der Waals surface area contributed by atoms with Crippen molar-refractivity contribution in [2.45, 2.75) is 18.9 Å². The second-order valence-electron chi connectivity index (χ2n) is 6.08. The first-order valence-electron chi connectivity index (χ1n) is 8.07. The molecule has 1 atom stereocenters. The van der Waals surface area contributed by atoms with E-state index in [4.69, 9.17) is 0 Å². The van der Waals surface area contributed by atoms with Crippen LogP contribution in [0, 0.1) is 0 Å². The van der Waals surface area contributed by atoms with Gasteiger partial charge >= 0.3 is 5.69 Å². The summed E-state index contributed by atoms with van der Waals surface area (Å²) < 4.78 is 2.14. The summed E-state index contributed by atoms with van der Waals surface area (Å²) in [6.45, 7) is 1.40. The zero-order valence-electron chi connectivity index (χ0n) is 14.2. The average Bonchev–Trinajstić information content (AvgIpc) is 2.64. The van der Waals surface area contributed by atoms with E-state index in [-0.39, 0.29) is 11.7 Å². The minimum Gasteiger partial charge on any atom is -0.346 e. The maximum atomic E-state index is 12.5. The third-order valence-electron chi connectivity index (χ3n) is 4.35. The van der Waals surface area contributed by atoms with Crippen LogP contribution < -0.4 is 21.5 Å². The van der Waals surface area contributed by atoms with Crippen LogP contribution in [0.4, 0.5) is 5.95 Å². The fraction of sp³-hybridized carbons (Fsp3) is 0.438. The van der Waals surface area contributed by atoms with Crippen molar-refractivity contribution in [3.63, 3.8) is 0 Å². The van der Waals surface area contributed by atoms with Crippen LogP contribution in [-0.4, -0.2) is 44.1 Å². The number of carbonyl (C=O) groups is 1. The smallest absolute Gasteiger partial charge is 0.331 e. The Kier molecular flexibility index (Phi) is 4.64. The molecule has 2 aromatic rings. The number of nitrogens with zero attached hydrogens (tertiary/aromatic N) is 5. The summed E-state index contributed by atoms with van der Waals surface area (Å²) in [5.74, 6) is 0.195. The summed E-state index contributed by atoms with van der Waals surface area (Å²) in [5, 5.41) is 2.91. The number of amides is 1. The molecule has 1 saturated heterocycles. The van der Waals surface area contributed by atoms with Crippen molar-refractivity contribution >= 4 is 11.9 Å². The van der Waals surface area contributed by atoms with Gasteiger partial charge in [-0.25, -0.2) is 14.8 Å². The number of piperidine rings is 1. The van der Waals surface area contributed by atoms with Crippen LogP contribution in [0.2, 0.25) is 0 Å². The van der Waals surface area contributed by atoms with E-state index < -0.39 is 17.2 Å². The molecule has 0 spiro atoms. The van der Waals surface area contributed by atoms with Gasteiger partial charge in [0, 0.05) is 51.7 Å². The molecule has 0 aliphatic carbocycles. The molecule has 9 nitrogen and oxygen atoms in total. The van der Waals surface area contributed by atoms with Crippen molar-refractivity contribution in [3.8, 4) is 0 Å². The van der Waals surface area contributed by atoms with Gasteiger partial charge in [-0.15, -0.1) is 0 Å². The molecular weight excluding hydrogens is 324 g/mol. The highest BCUT2D eigenvalue weighted by Crippen LogP contribution is 2.15. The zero-order chi connectivity index (χ0) is 18.0. The lowest BCUT2D eigenvalue weighted by Crippen LogP contribution is -2.49. The minimum absolute atomic E-state index is 0.0567. The van der Waals surface area contributed by atoms with E-state index in [9.17, 15) is 14.4 Å². The van der Waals surface area contributed by atoms with Gasteiger partial charge in [-0.3, -0.25) is 18.7 Å². The van der Waals surface area contributed by atoms with Gasteiger partial charge in [-0.1, -0.05) is 0 Å². The molecule has 1 N–H and O–H groups in total. The molecular formula is C16H20N6O3. The monoisotopic (exact) mass is 344 g/mol. The highest BCUT2D eigenvalue weighted by Gasteiger charge is 2.24. The van der Waals surface area contributed by atoms with Crippen LogP contribution in [0.25, 0.3) is 0 Å². The van der Waals surface area contributed by atoms with E-state index in [0.717, 1.165) is 24.0 Å². The fourth-order valence-corrected chi connectivity index (χ4v) is 2.94. The summed E-state index contributed by atoms with van der Waals surface area (Å²) in [6, 6.07) is 2.82. The molecule has 3 rings (SSSR count). The molecule has 0 radical (unpaired) electrons. The summed E-state index contributed by atoms with van der Waals surface area (Å²) in [5.41, 5.74) is -0.974. The van der Waals surface area contributed by atoms with E-state index in [2.05, 4.69) is 15.3 Å². The topological polar surface area (TPSA) is 102 Å². The normalized spacial score (nSPS) is 17.4. The first-order valence-corrected chi connectivity index (χ1v) is 8.07. The van der Waals surface area contributed by atoms with Crippen molar-refractivity contribution in [1.29, 1.82) is 0 Å². The number of nitrogens with one attached hydrogen (secondary N) is 1. The van der Waals surface area contributed by atoms with Gasteiger partial charge in [-0.2, -0.15) is 0 Å². The maximum absolute atomic E-state index is 12.5. The molecule has 132 valence electrons. The average molecular weight is 344 g/mol. The first-order chi connectivity index (χ1) is 12.0. The molecule has 1 amide bonds.